The van der Waals surface area contributed by atoms with Crippen molar-refractivity contribution in [3.05, 3.63) is 30.1 Å². The average molecular weight is 196 g/mol. The maximum Gasteiger partial charge on any atom is 0.123 e. The van der Waals surface area contributed by atoms with Crippen molar-refractivity contribution in [1.29, 1.82) is 0 Å². The maximum atomic E-state index is 12.7. The summed E-state index contributed by atoms with van der Waals surface area (Å²) < 4.78 is 12.7. The van der Waals surface area contributed by atoms with Crippen molar-refractivity contribution in [2.24, 2.45) is 5.73 Å². The first kappa shape index (κ1) is 11.0. The van der Waals surface area contributed by atoms with Gasteiger partial charge in [-0.15, -0.1) is 0 Å². The summed E-state index contributed by atoms with van der Waals surface area (Å²) in [7, 11) is 0. The second-order valence-corrected chi connectivity index (χ2v) is 3.20. The Labute approximate surface area is 84.5 Å². The molecule has 14 heavy (non-hydrogen) atoms. The normalized spacial score (nSPS) is 10.2. The van der Waals surface area contributed by atoms with Crippen LogP contribution in [0.25, 0.3) is 0 Å². The number of nitrogens with two attached hydrogens (primary N) is 1. The largest absolute Gasteiger partial charge is 0.372 e. The van der Waals surface area contributed by atoms with Crippen molar-refractivity contribution in [3.63, 3.8) is 0 Å². The van der Waals surface area contributed by atoms with E-state index in [9.17, 15) is 4.39 Å². The van der Waals surface area contributed by atoms with E-state index in [-0.39, 0.29) is 5.82 Å². The molecule has 0 heterocycles. The van der Waals surface area contributed by atoms with Gasteiger partial charge in [0.1, 0.15) is 5.82 Å². The van der Waals surface area contributed by atoms with Gasteiger partial charge in [-0.3, -0.25) is 0 Å². The molecule has 0 radical (unpaired) electrons. The molecular formula is C11H17FN2. The Bertz CT molecular complexity index is 258. The minimum Gasteiger partial charge on any atom is -0.372 e. The molecule has 1 aromatic carbocycles. The highest BCUT2D eigenvalue weighted by Gasteiger charge is 2.02. The third-order valence-electron chi connectivity index (χ3n) is 2.21. The van der Waals surface area contributed by atoms with E-state index >= 15 is 0 Å². The standard InChI is InChI=1S/C11H17FN2/c1-2-14(9-3-8-13)11-6-4-10(12)5-7-11/h4-7H,2-3,8-9,13H2,1H3. The molecule has 3 heteroatoms. The Kier molecular flexibility index (Phi) is 4.40. The van der Waals surface area contributed by atoms with Gasteiger partial charge in [0.15, 0.2) is 0 Å². The number of benzene rings is 1. The summed E-state index contributed by atoms with van der Waals surface area (Å²) in [6.07, 6.45) is 0.964. The van der Waals surface area contributed by atoms with E-state index in [2.05, 4.69) is 11.8 Å². The zero-order valence-electron chi connectivity index (χ0n) is 8.54. The monoisotopic (exact) mass is 196 g/mol. The van der Waals surface area contributed by atoms with Crippen molar-refractivity contribution in [1.82, 2.24) is 0 Å². The molecule has 0 aliphatic carbocycles. The fourth-order valence-corrected chi connectivity index (χ4v) is 1.40. The summed E-state index contributed by atoms with van der Waals surface area (Å²) in [6.45, 7) is 4.63. The second-order valence-electron chi connectivity index (χ2n) is 3.20. The van der Waals surface area contributed by atoms with Gasteiger partial charge in [0.25, 0.3) is 0 Å². The molecule has 0 aromatic heterocycles. The topological polar surface area (TPSA) is 29.3 Å². The fourth-order valence-electron chi connectivity index (χ4n) is 1.40. The Hall–Kier alpha value is -1.09. The quantitative estimate of drug-likeness (QED) is 0.780. The lowest BCUT2D eigenvalue weighted by Gasteiger charge is -2.22. The molecule has 2 nitrogen and oxygen atoms in total. The van der Waals surface area contributed by atoms with Crippen LogP contribution < -0.4 is 10.6 Å². The van der Waals surface area contributed by atoms with E-state index in [4.69, 9.17) is 5.73 Å². The molecule has 0 spiro atoms. The van der Waals surface area contributed by atoms with E-state index in [0.717, 1.165) is 25.2 Å². The minimum atomic E-state index is -0.191. The van der Waals surface area contributed by atoms with Crippen molar-refractivity contribution < 1.29 is 4.39 Å². The highest BCUT2D eigenvalue weighted by molar-refractivity contribution is 5.45. The third-order valence-corrected chi connectivity index (χ3v) is 2.21. The number of rotatable bonds is 5. The van der Waals surface area contributed by atoms with E-state index < -0.39 is 0 Å². The molecule has 0 atom stereocenters. The van der Waals surface area contributed by atoms with Crippen molar-refractivity contribution >= 4 is 5.69 Å². The van der Waals surface area contributed by atoms with Crippen LogP contribution in [0, 0.1) is 5.82 Å². The number of anilines is 1. The molecule has 0 amide bonds. The summed E-state index contributed by atoms with van der Waals surface area (Å²) in [5, 5.41) is 0. The molecule has 0 bridgehead atoms. The molecule has 0 unspecified atom stereocenters. The maximum absolute atomic E-state index is 12.7. The predicted octanol–water partition coefficient (Wildman–Crippen LogP) is 2.00. The SMILES string of the molecule is CCN(CCCN)c1ccc(F)cc1. The lowest BCUT2D eigenvalue weighted by Crippen LogP contribution is -2.25. The molecule has 78 valence electrons. The van der Waals surface area contributed by atoms with E-state index in [0.29, 0.717) is 6.54 Å². The van der Waals surface area contributed by atoms with Crippen LogP contribution in [-0.2, 0) is 0 Å². The van der Waals surface area contributed by atoms with E-state index in [1.165, 1.54) is 12.1 Å². The lowest BCUT2D eigenvalue weighted by atomic mass is 10.2. The summed E-state index contributed by atoms with van der Waals surface area (Å²) in [4.78, 5) is 2.19. The second kappa shape index (κ2) is 5.60. The minimum absolute atomic E-state index is 0.191. The van der Waals surface area contributed by atoms with E-state index in [1.807, 2.05) is 0 Å². The zero-order valence-corrected chi connectivity index (χ0v) is 8.54. The Balaban J connectivity index is 2.64. The fraction of sp³-hybridized carbons (Fsp3) is 0.455. The van der Waals surface area contributed by atoms with Crippen molar-refractivity contribution in [3.8, 4) is 0 Å². The van der Waals surface area contributed by atoms with Crippen LogP contribution in [0.4, 0.5) is 10.1 Å². The molecule has 0 saturated heterocycles. The Morgan fingerprint density at radius 1 is 1.29 bits per heavy atom. The summed E-state index contributed by atoms with van der Waals surface area (Å²) in [6, 6.07) is 6.57. The average Bonchev–Trinajstić information content (AvgIpc) is 2.21. The van der Waals surface area contributed by atoms with Gasteiger partial charge in [-0.05, 0) is 44.2 Å². The number of halogens is 1. The summed E-state index contributed by atoms with van der Waals surface area (Å²) >= 11 is 0. The van der Waals surface area contributed by atoms with Gasteiger partial charge < -0.3 is 10.6 Å². The molecule has 0 saturated carbocycles. The Morgan fingerprint density at radius 2 is 1.93 bits per heavy atom. The van der Waals surface area contributed by atoms with Crippen LogP contribution in [-0.4, -0.2) is 19.6 Å². The van der Waals surface area contributed by atoms with Crippen LogP contribution >= 0.6 is 0 Å². The van der Waals surface area contributed by atoms with Crippen LogP contribution in [0.5, 0.6) is 0 Å². The predicted molar refractivity (Wildman–Crippen MR) is 58.0 cm³/mol. The first-order valence-electron chi connectivity index (χ1n) is 4.98. The van der Waals surface area contributed by atoms with Crippen LogP contribution in [0.15, 0.2) is 24.3 Å². The number of hydrogen-bond donors (Lipinski definition) is 1. The number of nitrogens with zero attached hydrogens (tertiary/aromatic N) is 1. The Morgan fingerprint density at radius 3 is 2.43 bits per heavy atom. The molecule has 0 aliphatic heterocycles. The highest BCUT2D eigenvalue weighted by atomic mass is 19.1. The van der Waals surface area contributed by atoms with E-state index in [1.54, 1.807) is 12.1 Å². The van der Waals surface area contributed by atoms with Gasteiger partial charge in [-0.2, -0.15) is 0 Å². The zero-order chi connectivity index (χ0) is 10.4. The van der Waals surface area contributed by atoms with Crippen LogP contribution in [0.3, 0.4) is 0 Å². The summed E-state index contributed by atoms with van der Waals surface area (Å²) in [5.41, 5.74) is 6.50. The lowest BCUT2D eigenvalue weighted by molar-refractivity contribution is 0.627. The molecule has 0 fully saturated rings. The molecule has 1 aromatic rings. The smallest absolute Gasteiger partial charge is 0.123 e. The van der Waals surface area contributed by atoms with Crippen molar-refractivity contribution in [2.45, 2.75) is 13.3 Å². The first-order valence-corrected chi connectivity index (χ1v) is 4.98. The van der Waals surface area contributed by atoms with Gasteiger partial charge in [0, 0.05) is 18.8 Å². The number of hydrogen-bond acceptors (Lipinski definition) is 2. The van der Waals surface area contributed by atoms with Gasteiger partial charge in [-0.1, -0.05) is 0 Å². The molecular weight excluding hydrogens is 179 g/mol. The molecule has 1 rings (SSSR count). The van der Waals surface area contributed by atoms with Crippen molar-refractivity contribution in [2.75, 3.05) is 24.5 Å². The molecule has 2 N–H and O–H groups in total. The van der Waals surface area contributed by atoms with Crippen LogP contribution in [0.1, 0.15) is 13.3 Å². The third kappa shape index (κ3) is 3.00. The van der Waals surface area contributed by atoms with Gasteiger partial charge in [-0.25, -0.2) is 4.39 Å². The van der Waals surface area contributed by atoms with Gasteiger partial charge in [0.05, 0.1) is 0 Å². The van der Waals surface area contributed by atoms with Crippen LogP contribution in [0.2, 0.25) is 0 Å². The highest BCUT2D eigenvalue weighted by Crippen LogP contribution is 2.14. The van der Waals surface area contributed by atoms with Gasteiger partial charge >= 0.3 is 0 Å². The summed E-state index contributed by atoms with van der Waals surface area (Å²) in [5.74, 6) is -0.191. The molecule has 0 aliphatic rings. The first-order chi connectivity index (χ1) is 6.77. The van der Waals surface area contributed by atoms with Gasteiger partial charge in [0.2, 0.25) is 0 Å².